The molecule has 2 atom stereocenters. The lowest BCUT2D eigenvalue weighted by molar-refractivity contribution is -0.145. The lowest BCUT2D eigenvalue weighted by Crippen LogP contribution is -2.64. The fourth-order valence-electron chi connectivity index (χ4n) is 4.34. The molecule has 6 nitrogen and oxygen atoms in total. The third kappa shape index (κ3) is 3.50. The van der Waals surface area contributed by atoms with Crippen molar-refractivity contribution in [1.29, 1.82) is 0 Å². The van der Waals surface area contributed by atoms with E-state index < -0.39 is 23.6 Å². The van der Waals surface area contributed by atoms with Crippen molar-refractivity contribution in [1.82, 2.24) is 10.6 Å². The molecular weight excluding hydrogens is 378 g/mol. The summed E-state index contributed by atoms with van der Waals surface area (Å²) in [5, 5.41) is 20.9. The van der Waals surface area contributed by atoms with Crippen LogP contribution in [0.1, 0.15) is 29.0 Å². The summed E-state index contributed by atoms with van der Waals surface area (Å²) in [7, 11) is 0. The Morgan fingerprint density at radius 2 is 1.70 bits per heavy atom. The monoisotopic (exact) mass is 403 g/mol. The fourth-order valence-corrected chi connectivity index (χ4v) is 4.34. The van der Waals surface area contributed by atoms with E-state index >= 15 is 0 Å². The third-order valence-electron chi connectivity index (χ3n) is 5.90. The van der Waals surface area contributed by atoms with Crippen LogP contribution in [-0.4, -0.2) is 29.3 Å². The lowest BCUT2D eigenvalue weighted by Gasteiger charge is -2.33. The van der Waals surface area contributed by atoms with Gasteiger partial charge in [0, 0.05) is 11.6 Å². The van der Waals surface area contributed by atoms with Gasteiger partial charge in [-0.15, -0.1) is 0 Å². The van der Waals surface area contributed by atoms with E-state index in [9.17, 15) is 14.7 Å². The van der Waals surface area contributed by atoms with E-state index in [1.807, 2.05) is 74.5 Å². The maximum Gasteiger partial charge on any atom is 0.345 e. The largest absolute Gasteiger partial charge is 0.478 e. The number of urea groups is 1. The van der Waals surface area contributed by atoms with Crippen LogP contribution in [-0.2, 0) is 4.79 Å². The summed E-state index contributed by atoms with van der Waals surface area (Å²) in [5.41, 5.74) is 1.83. The number of hydrogen-bond donors (Lipinski definition) is 4. The van der Waals surface area contributed by atoms with Crippen molar-refractivity contribution < 1.29 is 14.7 Å². The van der Waals surface area contributed by atoms with Gasteiger partial charge in [-0.1, -0.05) is 60.7 Å². The minimum Gasteiger partial charge on any atom is -0.478 e. The number of para-hydroxylation sites is 1. The van der Waals surface area contributed by atoms with E-state index in [-0.39, 0.29) is 0 Å². The van der Waals surface area contributed by atoms with Crippen LogP contribution >= 0.6 is 0 Å². The summed E-state index contributed by atoms with van der Waals surface area (Å²) in [6, 6.07) is 19.1. The molecular formula is C24H25N3O3. The molecule has 1 aliphatic rings. The van der Waals surface area contributed by atoms with Gasteiger partial charge in [-0.2, -0.15) is 0 Å². The van der Waals surface area contributed by atoms with Gasteiger partial charge in [-0.3, -0.25) is 5.32 Å². The summed E-state index contributed by atoms with van der Waals surface area (Å²) >= 11 is 0. The number of carbonyl (C=O) groups excluding carboxylic acids is 1. The first-order valence-electron chi connectivity index (χ1n) is 10.0. The Hall–Kier alpha value is -3.38. The van der Waals surface area contributed by atoms with Gasteiger partial charge in [0.25, 0.3) is 0 Å². The highest BCUT2D eigenvalue weighted by Crippen LogP contribution is 2.36. The van der Waals surface area contributed by atoms with Crippen molar-refractivity contribution in [3.63, 3.8) is 0 Å². The minimum absolute atomic E-state index is 0.400. The number of anilines is 1. The number of benzene rings is 3. The average Bonchev–Trinajstić information content (AvgIpc) is 3.15. The Morgan fingerprint density at radius 1 is 1.00 bits per heavy atom. The molecule has 1 fully saturated rings. The quantitative estimate of drug-likeness (QED) is 0.527. The van der Waals surface area contributed by atoms with Gasteiger partial charge in [-0.25, -0.2) is 9.59 Å². The Labute approximate surface area is 175 Å². The fraction of sp³-hybridized carbons (Fsp3) is 0.250. The highest BCUT2D eigenvalue weighted by Gasteiger charge is 2.51. The number of hydrogen-bond acceptors (Lipinski definition) is 3. The van der Waals surface area contributed by atoms with Crippen LogP contribution in [0.25, 0.3) is 10.8 Å². The van der Waals surface area contributed by atoms with Gasteiger partial charge in [0.2, 0.25) is 0 Å². The summed E-state index contributed by atoms with van der Waals surface area (Å²) in [5.74, 6) is -1.50. The van der Waals surface area contributed by atoms with Gasteiger partial charge < -0.3 is 15.7 Å². The number of aryl methyl sites for hydroxylation is 2. The van der Waals surface area contributed by atoms with Gasteiger partial charge in [0.05, 0.1) is 0 Å². The van der Waals surface area contributed by atoms with Gasteiger partial charge >= 0.3 is 12.0 Å². The predicted molar refractivity (Wildman–Crippen MR) is 118 cm³/mol. The van der Waals surface area contributed by atoms with Crippen LogP contribution in [0.2, 0.25) is 0 Å². The zero-order valence-corrected chi connectivity index (χ0v) is 17.0. The van der Waals surface area contributed by atoms with Crippen LogP contribution in [0, 0.1) is 13.8 Å². The van der Waals surface area contributed by atoms with E-state index in [4.69, 9.17) is 0 Å². The van der Waals surface area contributed by atoms with Crippen molar-refractivity contribution >= 4 is 28.5 Å². The first kappa shape index (κ1) is 19.9. The Morgan fingerprint density at radius 3 is 2.40 bits per heavy atom. The van der Waals surface area contributed by atoms with Gasteiger partial charge in [0.15, 0.2) is 5.66 Å². The standard InChI is InChI=1S/C24H25N3O3/c1-15-6-5-7-16(2)21(15)26-23(30)27-24(22(28)29)20(12-13-25-24)19-11-10-17-8-3-4-9-18(17)14-19/h3-11,14,20,25H,12-13H2,1-2H3,(H,28,29)(H2,26,27,30)/t20?,24-/m1/s1. The number of carboxylic acids is 1. The Balaban J connectivity index is 1.65. The van der Waals surface area contributed by atoms with E-state index in [1.54, 1.807) is 0 Å². The Bertz CT molecular complexity index is 1110. The van der Waals surface area contributed by atoms with E-state index in [2.05, 4.69) is 16.0 Å². The molecule has 1 unspecified atom stereocenters. The molecule has 0 bridgehead atoms. The topological polar surface area (TPSA) is 90.5 Å². The van der Waals surface area contributed by atoms with E-state index in [0.717, 1.165) is 27.5 Å². The number of amides is 2. The number of rotatable bonds is 4. The highest BCUT2D eigenvalue weighted by molar-refractivity contribution is 5.95. The van der Waals surface area contributed by atoms with E-state index in [1.165, 1.54) is 0 Å². The smallest absolute Gasteiger partial charge is 0.345 e. The second-order valence-electron chi connectivity index (χ2n) is 7.83. The molecule has 4 rings (SSSR count). The first-order valence-corrected chi connectivity index (χ1v) is 10.0. The molecule has 1 aliphatic heterocycles. The number of carboxylic acid groups (broad SMARTS) is 1. The minimum atomic E-state index is -1.58. The average molecular weight is 403 g/mol. The van der Waals surface area contributed by atoms with Gasteiger partial charge in [0.1, 0.15) is 0 Å². The summed E-state index contributed by atoms with van der Waals surface area (Å²) in [4.78, 5) is 25.2. The second kappa shape index (κ2) is 7.80. The van der Waals surface area contributed by atoms with Crippen molar-refractivity contribution in [3.8, 4) is 0 Å². The zero-order chi connectivity index (χ0) is 21.3. The molecule has 154 valence electrons. The van der Waals surface area contributed by atoms with Gasteiger partial charge in [-0.05, 0) is 54.3 Å². The molecule has 3 aromatic rings. The molecule has 4 N–H and O–H groups in total. The van der Waals surface area contributed by atoms with Crippen molar-refractivity contribution in [2.24, 2.45) is 0 Å². The summed E-state index contributed by atoms with van der Waals surface area (Å²) < 4.78 is 0. The molecule has 1 heterocycles. The molecule has 30 heavy (non-hydrogen) atoms. The molecule has 0 aromatic heterocycles. The van der Waals surface area contributed by atoms with Crippen LogP contribution in [0.4, 0.5) is 10.5 Å². The predicted octanol–water partition coefficient (Wildman–Crippen LogP) is 4.14. The van der Waals surface area contributed by atoms with Crippen LogP contribution < -0.4 is 16.0 Å². The normalized spacial score (nSPS) is 20.8. The maximum absolute atomic E-state index is 12.8. The molecule has 6 heteroatoms. The van der Waals surface area contributed by atoms with Crippen molar-refractivity contribution in [2.75, 3.05) is 11.9 Å². The van der Waals surface area contributed by atoms with Crippen LogP contribution in [0.15, 0.2) is 60.7 Å². The number of fused-ring (bicyclic) bond motifs is 1. The maximum atomic E-state index is 12.8. The molecule has 3 aromatic carbocycles. The zero-order valence-electron chi connectivity index (χ0n) is 17.0. The molecule has 0 aliphatic carbocycles. The lowest BCUT2D eigenvalue weighted by atomic mass is 9.85. The molecule has 0 radical (unpaired) electrons. The molecule has 2 amide bonds. The summed E-state index contributed by atoms with van der Waals surface area (Å²) in [6.07, 6.45) is 0.605. The highest BCUT2D eigenvalue weighted by atomic mass is 16.4. The van der Waals surface area contributed by atoms with Crippen LogP contribution in [0.5, 0.6) is 0 Å². The van der Waals surface area contributed by atoms with Crippen molar-refractivity contribution in [2.45, 2.75) is 31.8 Å². The number of nitrogens with one attached hydrogen (secondary N) is 3. The molecule has 0 saturated carbocycles. The SMILES string of the molecule is Cc1cccc(C)c1NC(=O)N[C@]1(C(=O)O)NCCC1c1ccc2ccccc2c1. The third-order valence-corrected chi connectivity index (χ3v) is 5.90. The van der Waals surface area contributed by atoms with E-state index in [0.29, 0.717) is 18.7 Å². The van der Waals surface area contributed by atoms with Crippen LogP contribution in [0.3, 0.4) is 0 Å². The second-order valence-corrected chi connectivity index (χ2v) is 7.83. The molecule has 1 saturated heterocycles. The van der Waals surface area contributed by atoms with Crippen molar-refractivity contribution in [3.05, 3.63) is 77.4 Å². The Kier molecular flexibility index (Phi) is 5.18. The first-order chi connectivity index (χ1) is 14.4. The molecule has 0 spiro atoms. The number of carbonyl (C=O) groups is 2. The number of aliphatic carboxylic acids is 1. The summed E-state index contributed by atoms with van der Waals surface area (Å²) in [6.45, 7) is 4.30.